The first kappa shape index (κ1) is 28.4. The molecule has 1 heterocycles. The Bertz CT molecular complexity index is 772. The summed E-state index contributed by atoms with van der Waals surface area (Å²) in [5.74, 6) is -1.69. The van der Waals surface area contributed by atoms with Crippen LogP contribution >= 0.6 is 0 Å². The summed E-state index contributed by atoms with van der Waals surface area (Å²) < 4.78 is 10.0. The second-order valence-corrected chi connectivity index (χ2v) is 8.43. The van der Waals surface area contributed by atoms with Crippen LogP contribution in [-0.4, -0.2) is 67.4 Å². The van der Waals surface area contributed by atoms with Crippen molar-refractivity contribution < 1.29 is 29.0 Å². The van der Waals surface area contributed by atoms with Gasteiger partial charge in [-0.2, -0.15) is 0 Å². The molecule has 2 unspecified atom stereocenters. The average Bonchev–Trinajstić information content (AvgIpc) is 2.98. The zero-order chi connectivity index (χ0) is 24.9. The lowest BCUT2D eigenvalue weighted by molar-refractivity contribution is -0.147. The van der Waals surface area contributed by atoms with E-state index in [4.69, 9.17) is 20.3 Å². The van der Waals surface area contributed by atoms with Crippen LogP contribution in [0.2, 0.25) is 0 Å². The number of carboxylic acid groups (broad SMARTS) is 1. The number of amides is 1. The van der Waals surface area contributed by atoms with E-state index in [2.05, 4.69) is 44.1 Å². The molecule has 0 spiro atoms. The molecule has 1 aliphatic rings. The molecule has 0 bridgehead atoms. The molecular weight excluding hydrogens is 426 g/mol. The first-order chi connectivity index (χ1) is 15.7. The van der Waals surface area contributed by atoms with Crippen molar-refractivity contribution in [3.8, 4) is 5.75 Å². The van der Waals surface area contributed by atoms with E-state index in [1.165, 1.54) is 12.8 Å². The number of nitrogens with one attached hydrogen (secondary N) is 1. The van der Waals surface area contributed by atoms with Gasteiger partial charge in [0, 0.05) is 12.0 Å². The minimum Gasteiger partial charge on any atom is -0.480 e. The number of rotatable bonds is 8. The van der Waals surface area contributed by atoms with Crippen molar-refractivity contribution in [3.05, 3.63) is 29.8 Å². The highest BCUT2D eigenvalue weighted by atomic mass is 16.6. The topological polar surface area (TPSA) is 131 Å². The Hall–Kier alpha value is -2.65. The van der Waals surface area contributed by atoms with Gasteiger partial charge in [-0.1, -0.05) is 45.7 Å². The largest absolute Gasteiger partial charge is 0.480 e. The van der Waals surface area contributed by atoms with Crippen LogP contribution in [0.25, 0.3) is 0 Å². The predicted octanol–water partition coefficient (Wildman–Crippen LogP) is 2.91. The standard InChI is InChI=1S/C21H31N3O6.C3H8/c1-3-21(9-4-5-10-24(2)14-21)15-7-6-8-16(11-15)30-20(28)23-12-18(25)29-13-17(22)19(26)27;1-3-2/h6-8,11,17H,3-5,9-10,12-14,22H2,1-2H3,(H,23,28)(H,26,27);3H2,1-2H3. The highest BCUT2D eigenvalue weighted by Crippen LogP contribution is 2.37. The van der Waals surface area contributed by atoms with Crippen molar-refractivity contribution in [2.75, 3.05) is 33.3 Å². The number of esters is 1. The number of ether oxygens (including phenoxy) is 2. The summed E-state index contributed by atoms with van der Waals surface area (Å²) in [6.07, 6.45) is 4.84. The summed E-state index contributed by atoms with van der Waals surface area (Å²) in [6.45, 7) is 7.54. The number of likely N-dealkylation sites (tertiary alicyclic amines) is 1. The first-order valence-electron chi connectivity index (χ1n) is 11.6. The van der Waals surface area contributed by atoms with Gasteiger partial charge in [0.1, 0.15) is 24.9 Å². The molecule has 33 heavy (non-hydrogen) atoms. The van der Waals surface area contributed by atoms with Crippen LogP contribution in [-0.2, 0) is 19.7 Å². The number of benzene rings is 1. The van der Waals surface area contributed by atoms with E-state index in [0.717, 1.165) is 37.9 Å². The zero-order valence-corrected chi connectivity index (χ0v) is 20.3. The maximum absolute atomic E-state index is 12.0. The number of nitrogens with two attached hydrogens (primary N) is 1. The molecule has 186 valence electrons. The molecule has 0 saturated carbocycles. The molecule has 0 aromatic heterocycles. The molecule has 1 aromatic rings. The van der Waals surface area contributed by atoms with E-state index in [1.807, 2.05) is 12.1 Å². The average molecular weight is 466 g/mol. The van der Waals surface area contributed by atoms with Crippen molar-refractivity contribution >= 4 is 18.0 Å². The Balaban J connectivity index is 0.00000172. The van der Waals surface area contributed by atoms with E-state index in [1.54, 1.807) is 6.07 Å². The maximum Gasteiger partial charge on any atom is 0.413 e. The molecule has 0 radical (unpaired) electrons. The zero-order valence-electron chi connectivity index (χ0n) is 20.3. The summed E-state index contributed by atoms with van der Waals surface area (Å²) in [4.78, 5) is 36.6. The number of nitrogens with zero attached hydrogens (tertiary/aromatic N) is 1. The summed E-state index contributed by atoms with van der Waals surface area (Å²) in [5.41, 5.74) is 6.39. The quantitative estimate of drug-likeness (QED) is 0.500. The van der Waals surface area contributed by atoms with Gasteiger partial charge in [0.25, 0.3) is 0 Å². The maximum atomic E-state index is 12.0. The molecule has 0 aliphatic carbocycles. The Morgan fingerprint density at radius 1 is 1.24 bits per heavy atom. The van der Waals surface area contributed by atoms with Gasteiger partial charge in [-0.25, -0.2) is 4.79 Å². The van der Waals surface area contributed by atoms with Crippen molar-refractivity contribution in [1.29, 1.82) is 0 Å². The Morgan fingerprint density at radius 2 is 1.94 bits per heavy atom. The first-order valence-corrected chi connectivity index (χ1v) is 11.6. The summed E-state index contributed by atoms with van der Waals surface area (Å²) >= 11 is 0. The molecule has 1 aromatic carbocycles. The van der Waals surface area contributed by atoms with E-state index < -0.39 is 37.2 Å². The number of carboxylic acids is 1. The predicted molar refractivity (Wildman–Crippen MR) is 126 cm³/mol. The molecule has 1 saturated heterocycles. The number of carbonyl (C=O) groups is 3. The Morgan fingerprint density at radius 3 is 2.58 bits per heavy atom. The van der Waals surface area contributed by atoms with Crippen LogP contribution in [0.4, 0.5) is 4.79 Å². The summed E-state index contributed by atoms with van der Waals surface area (Å²) in [7, 11) is 2.13. The third kappa shape index (κ3) is 9.79. The molecule has 9 nitrogen and oxygen atoms in total. The second kappa shape index (κ2) is 14.5. The number of likely N-dealkylation sites (N-methyl/N-ethyl adjacent to an activating group) is 1. The van der Waals surface area contributed by atoms with Crippen LogP contribution < -0.4 is 15.8 Å². The number of hydrogen-bond donors (Lipinski definition) is 3. The lowest BCUT2D eigenvalue weighted by atomic mass is 9.74. The molecule has 4 N–H and O–H groups in total. The van der Waals surface area contributed by atoms with Gasteiger partial charge in [-0.3, -0.25) is 9.59 Å². The highest BCUT2D eigenvalue weighted by molar-refractivity contribution is 5.79. The Kier molecular flexibility index (Phi) is 12.5. The van der Waals surface area contributed by atoms with Crippen LogP contribution in [0.15, 0.2) is 24.3 Å². The van der Waals surface area contributed by atoms with E-state index >= 15 is 0 Å². The molecule has 1 amide bonds. The normalized spacial score (nSPS) is 19.3. The molecule has 2 atom stereocenters. The van der Waals surface area contributed by atoms with E-state index in [9.17, 15) is 14.4 Å². The number of hydrogen-bond acceptors (Lipinski definition) is 7. The monoisotopic (exact) mass is 465 g/mol. The molecule has 1 aliphatic heterocycles. The SMILES string of the molecule is CCC.CCC1(c2cccc(OC(=O)NCC(=O)OCC(N)C(=O)O)c2)CCCCN(C)C1. The third-order valence-corrected chi connectivity index (χ3v) is 5.47. The minimum atomic E-state index is -1.31. The van der Waals surface area contributed by atoms with E-state index in [-0.39, 0.29) is 5.41 Å². The lowest BCUT2D eigenvalue weighted by Crippen LogP contribution is -2.38. The van der Waals surface area contributed by atoms with Gasteiger partial charge in [-0.05, 0) is 50.6 Å². The lowest BCUT2D eigenvalue weighted by Gasteiger charge is -2.35. The molecule has 9 heteroatoms. The van der Waals surface area contributed by atoms with Crippen molar-refractivity contribution in [3.63, 3.8) is 0 Å². The minimum absolute atomic E-state index is 0.00775. The Labute approximate surface area is 196 Å². The fourth-order valence-electron chi connectivity index (χ4n) is 3.73. The third-order valence-electron chi connectivity index (χ3n) is 5.47. The highest BCUT2D eigenvalue weighted by Gasteiger charge is 2.33. The van der Waals surface area contributed by atoms with Crippen LogP contribution in [0.1, 0.15) is 58.4 Å². The van der Waals surface area contributed by atoms with Gasteiger partial charge >= 0.3 is 18.0 Å². The van der Waals surface area contributed by atoms with Crippen LogP contribution in [0, 0.1) is 0 Å². The van der Waals surface area contributed by atoms with Crippen LogP contribution in [0.3, 0.4) is 0 Å². The van der Waals surface area contributed by atoms with E-state index in [0.29, 0.717) is 5.75 Å². The van der Waals surface area contributed by atoms with Gasteiger partial charge < -0.3 is 30.5 Å². The summed E-state index contributed by atoms with van der Waals surface area (Å²) in [6, 6.07) is 6.19. The van der Waals surface area contributed by atoms with Gasteiger partial charge in [0.05, 0.1) is 0 Å². The number of carbonyl (C=O) groups excluding carboxylic acids is 2. The second-order valence-electron chi connectivity index (χ2n) is 8.43. The van der Waals surface area contributed by atoms with Crippen molar-refractivity contribution in [2.45, 2.75) is 64.3 Å². The molecule has 2 rings (SSSR count). The molecule has 1 fully saturated rings. The molecular formula is C24H39N3O6. The van der Waals surface area contributed by atoms with Gasteiger partial charge in [0.2, 0.25) is 0 Å². The smallest absolute Gasteiger partial charge is 0.413 e. The van der Waals surface area contributed by atoms with Gasteiger partial charge in [-0.15, -0.1) is 0 Å². The van der Waals surface area contributed by atoms with Gasteiger partial charge in [0.15, 0.2) is 0 Å². The fraction of sp³-hybridized carbons (Fsp3) is 0.625. The van der Waals surface area contributed by atoms with Crippen molar-refractivity contribution in [1.82, 2.24) is 10.2 Å². The van der Waals surface area contributed by atoms with Crippen LogP contribution in [0.5, 0.6) is 5.75 Å². The fourth-order valence-corrected chi connectivity index (χ4v) is 3.73. The van der Waals surface area contributed by atoms with Crippen molar-refractivity contribution in [2.24, 2.45) is 5.73 Å². The summed E-state index contributed by atoms with van der Waals surface area (Å²) in [5, 5.41) is 10.9. The number of aliphatic carboxylic acids is 1.